The largest absolute Gasteiger partial charge is 0.370 e. The molecule has 2 aliphatic heterocycles. The molecule has 0 bridgehead atoms. The van der Waals surface area contributed by atoms with Crippen molar-refractivity contribution in [3.05, 3.63) is 0 Å². The van der Waals surface area contributed by atoms with Gasteiger partial charge in [-0.2, -0.15) is 0 Å². The van der Waals surface area contributed by atoms with Gasteiger partial charge in [-0.05, 0) is 38.8 Å². The summed E-state index contributed by atoms with van der Waals surface area (Å²) in [5, 5.41) is 3.56. The van der Waals surface area contributed by atoms with Crippen LogP contribution in [-0.2, 0) is 4.79 Å². The van der Waals surface area contributed by atoms with E-state index in [1.54, 1.807) is 0 Å². The summed E-state index contributed by atoms with van der Waals surface area (Å²) in [6.45, 7) is 3.46. The smallest absolute Gasteiger partial charge is 0.217 e. The molecule has 2 rings (SSSR count). The van der Waals surface area contributed by atoms with E-state index in [0.717, 1.165) is 19.0 Å². The molecule has 86 valence electrons. The zero-order valence-corrected chi connectivity index (χ0v) is 9.24. The van der Waals surface area contributed by atoms with Gasteiger partial charge < -0.3 is 11.1 Å². The molecule has 3 N–H and O–H groups in total. The molecule has 2 atom stereocenters. The van der Waals surface area contributed by atoms with Gasteiger partial charge in [0.05, 0.1) is 0 Å². The zero-order valence-electron chi connectivity index (χ0n) is 9.24. The molecule has 2 heterocycles. The first-order chi connectivity index (χ1) is 7.27. The molecule has 0 aromatic carbocycles. The van der Waals surface area contributed by atoms with Crippen LogP contribution in [0.1, 0.15) is 32.1 Å². The molecule has 4 heteroatoms. The molecule has 0 aliphatic carbocycles. The van der Waals surface area contributed by atoms with E-state index in [1.807, 2.05) is 0 Å². The number of nitrogens with zero attached hydrogens (tertiary/aromatic N) is 1. The highest BCUT2D eigenvalue weighted by Crippen LogP contribution is 2.27. The number of rotatable bonds is 5. The van der Waals surface area contributed by atoms with E-state index >= 15 is 0 Å². The number of carbonyl (C=O) groups is 1. The third-order valence-electron chi connectivity index (χ3n) is 3.61. The second-order valence-electron chi connectivity index (χ2n) is 4.66. The first-order valence-corrected chi connectivity index (χ1v) is 6.03. The summed E-state index contributed by atoms with van der Waals surface area (Å²) < 4.78 is 0. The lowest BCUT2D eigenvalue weighted by Crippen LogP contribution is -2.39. The molecule has 0 aromatic heterocycles. The highest BCUT2D eigenvalue weighted by molar-refractivity contribution is 5.73. The van der Waals surface area contributed by atoms with Gasteiger partial charge in [0, 0.05) is 25.0 Å². The number of nitrogens with two attached hydrogens (primary N) is 1. The van der Waals surface area contributed by atoms with E-state index in [2.05, 4.69) is 10.2 Å². The Morgan fingerprint density at radius 3 is 3.07 bits per heavy atom. The fraction of sp³-hybridized carbons (Fsp3) is 0.909. The van der Waals surface area contributed by atoms with Gasteiger partial charge in [0.1, 0.15) is 0 Å². The Kier molecular flexibility index (Phi) is 3.59. The lowest BCUT2D eigenvalue weighted by Gasteiger charge is -2.21. The minimum absolute atomic E-state index is 0.189. The third kappa shape index (κ3) is 2.69. The number of fused-ring (bicyclic) bond motifs is 1. The molecule has 2 aliphatic rings. The Balaban J connectivity index is 1.65. The van der Waals surface area contributed by atoms with Gasteiger partial charge in [0.25, 0.3) is 0 Å². The van der Waals surface area contributed by atoms with Crippen molar-refractivity contribution in [2.45, 2.75) is 44.2 Å². The topological polar surface area (TPSA) is 58.4 Å². The molecule has 15 heavy (non-hydrogen) atoms. The van der Waals surface area contributed by atoms with Gasteiger partial charge in [-0.15, -0.1) is 0 Å². The molecular formula is C11H21N3O. The second-order valence-corrected chi connectivity index (χ2v) is 4.66. The Morgan fingerprint density at radius 1 is 1.40 bits per heavy atom. The van der Waals surface area contributed by atoms with Crippen molar-refractivity contribution in [1.29, 1.82) is 0 Å². The number of hydrogen-bond donors (Lipinski definition) is 2. The number of nitrogens with one attached hydrogen (secondary N) is 1. The third-order valence-corrected chi connectivity index (χ3v) is 3.61. The molecule has 2 fully saturated rings. The van der Waals surface area contributed by atoms with E-state index in [9.17, 15) is 4.79 Å². The van der Waals surface area contributed by atoms with Crippen LogP contribution in [0, 0.1) is 0 Å². The molecule has 0 radical (unpaired) electrons. The van der Waals surface area contributed by atoms with Crippen LogP contribution in [0.5, 0.6) is 0 Å². The maximum absolute atomic E-state index is 10.6. The summed E-state index contributed by atoms with van der Waals surface area (Å²) >= 11 is 0. The minimum Gasteiger partial charge on any atom is -0.370 e. The average molecular weight is 211 g/mol. The zero-order chi connectivity index (χ0) is 10.7. The highest BCUT2D eigenvalue weighted by atomic mass is 16.1. The maximum atomic E-state index is 10.6. The van der Waals surface area contributed by atoms with Crippen LogP contribution in [0.3, 0.4) is 0 Å². The van der Waals surface area contributed by atoms with Gasteiger partial charge in [0.2, 0.25) is 5.91 Å². The molecule has 0 spiro atoms. The first kappa shape index (κ1) is 10.9. The van der Waals surface area contributed by atoms with Crippen molar-refractivity contribution in [3.8, 4) is 0 Å². The van der Waals surface area contributed by atoms with Gasteiger partial charge in [-0.25, -0.2) is 0 Å². The number of hydrogen-bond acceptors (Lipinski definition) is 3. The van der Waals surface area contributed by atoms with Crippen molar-refractivity contribution in [3.63, 3.8) is 0 Å². The van der Waals surface area contributed by atoms with Crippen molar-refractivity contribution in [2.75, 3.05) is 19.6 Å². The predicted molar refractivity (Wildman–Crippen MR) is 59.4 cm³/mol. The second kappa shape index (κ2) is 4.94. The summed E-state index contributed by atoms with van der Waals surface area (Å²) in [4.78, 5) is 13.2. The average Bonchev–Trinajstić information content (AvgIpc) is 2.74. The monoisotopic (exact) mass is 211 g/mol. The van der Waals surface area contributed by atoms with E-state index in [4.69, 9.17) is 5.73 Å². The molecule has 1 amide bonds. The summed E-state index contributed by atoms with van der Waals surface area (Å²) in [5.41, 5.74) is 5.10. The standard InChI is InChI=1S/C11H21N3O/c12-11(15)4-1-6-13-9-5-8-14-7-2-3-10(9)14/h9-10,13H,1-8H2,(H2,12,15). The fourth-order valence-electron chi connectivity index (χ4n) is 2.87. The molecule has 0 saturated carbocycles. The van der Waals surface area contributed by atoms with E-state index in [0.29, 0.717) is 12.5 Å². The first-order valence-electron chi connectivity index (χ1n) is 6.03. The molecular weight excluding hydrogens is 190 g/mol. The molecule has 2 unspecified atom stereocenters. The summed E-state index contributed by atoms with van der Waals surface area (Å²) in [6.07, 6.45) is 5.34. The minimum atomic E-state index is -0.189. The molecule has 2 saturated heterocycles. The van der Waals surface area contributed by atoms with E-state index in [1.165, 1.54) is 32.4 Å². The normalized spacial score (nSPS) is 30.7. The van der Waals surface area contributed by atoms with Gasteiger partial charge in [-0.3, -0.25) is 9.69 Å². The number of amides is 1. The van der Waals surface area contributed by atoms with Gasteiger partial charge in [0.15, 0.2) is 0 Å². The van der Waals surface area contributed by atoms with Crippen molar-refractivity contribution < 1.29 is 4.79 Å². The van der Waals surface area contributed by atoms with Crippen LogP contribution in [-0.4, -0.2) is 42.5 Å². The quantitative estimate of drug-likeness (QED) is 0.633. The van der Waals surface area contributed by atoms with E-state index < -0.39 is 0 Å². The maximum Gasteiger partial charge on any atom is 0.217 e. The summed E-state index contributed by atoms with van der Waals surface area (Å²) in [7, 11) is 0. The Hall–Kier alpha value is -0.610. The van der Waals surface area contributed by atoms with Crippen LogP contribution in [0.25, 0.3) is 0 Å². The van der Waals surface area contributed by atoms with Gasteiger partial charge >= 0.3 is 0 Å². The number of primary amides is 1. The van der Waals surface area contributed by atoms with Crippen LogP contribution in [0.15, 0.2) is 0 Å². The van der Waals surface area contributed by atoms with Crippen LogP contribution < -0.4 is 11.1 Å². The fourth-order valence-corrected chi connectivity index (χ4v) is 2.87. The van der Waals surface area contributed by atoms with Crippen LogP contribution in [0.4, 0.5) is 0 Å². The van der Waals surface area contributed by atoms with Crippen molar-refractivity contribution in [2.24, 2.45) is 5.73 Å². The van der Waals surface area contributed by atoms with Crippen LogP contribution in [0.2, 0.25) is 0 Å². The number of carbonyl (C=O) groups excluding carboxylic acids is 1. The van der Waals surface area contributed by atoms with E-state index in [-0.39, 0.29) is 5.91 Å². The van der Waals surface area contributed by atoms with Gasteiger partial charge in [-0.1, -0.05) is 0 Å². The Bertz CT molecular complexity index is 232. The summed E-state index contributed by atoms with van der Waals surface area (Å²) in [6, 6.07) is 1.42. The lowest BCUT2D eigenvalue weighted by molar-refractivity contribution is -0.118. The summed E-state index contributed by atoms with van der Waals surface area (Å²) in [5.74, 6) is -0.189. The van der Waals surface area contributed by atoms with Crippen molar-refractivity contribution in [1.82, 2.24) is 10.2 Å². The SMILES string of the molecule is NC(=O)CCCNC1CCN2CCCC12. The highest BCUT2D eigenvalue weighted by Gasteiger charge is 2.36. The molecule has 4 nitrogen and oxygen atoms in total. The molecule has 0 aromatic rings. The van der Waals surface area contributed by atoms with Crippen molar-refractivity contribution >= 4 is 5.91 Å². The lowest BCUT2D eigenvalue weighted by atomic mass is 10.1. The predicted octanol–water partition coefficient (Wildman–Crippen LogP) is 0.0782. The van der Waals surface area contributed by atoms with Crippen LogP contribution >= 0.6 is 0 Å². The Morgan fingerprint density at radius 2 is 2.27 bits per heavy atom. The Labute approximate surface area is 91.2 Å².